The van der Waals surface area contributed by atoms with E-state index in [9.17, 15) is 10.1 Å². The van der Waals surface area contributed by atoms with Gasteiger partial charge in [-0.05, 0) is 25.5 Å². The van der Waals surface area contributed by atoms with E-state index >= 15 is 0 Å². The molecule has 1 rings (SSSR count). The zero-order valence-electron chi connectivity index (χ0n) is 9.47. The molecule has 0 aliphatic carbocycles. The summed E-state index contributed by atoms with van der Waals surface area (Å²) in [5.74, 6) is 0. The molecule has 0 spiro atoms. The number of hydrogen-bond donors (Lipinski definition) is 0. The molecule has 0 atom stereocenters. The van der Waals surface area contributed by atoms with Gasteiger partial charge in [0.15, 0.2) is 0 Å². The maximum atomic E-state index is 10.7. The van der Waals surface area contributed by atoms with E-state index in [0.717, 1.165) is 11.3 Å². The number of aryl methyl sites for hydroxylation is 1. The number of nitro groups is 1. The summed E-state index contributed by atoms with van der Waals surface area (Å²) in [4.78, 5) is 11.4. The van der Waals surface area contributed by atoms with Crippen molar-refractivity contribution in [3.05, 3.63) is 51.0 Å². The van der Waals surface area contributed by atoms with Crippen molar-refractivity contribution in [2.24, 2.45) is 0 Å². The minimum atomic E-state index is -0.301. The standard InChI is InChI=1S/C12H15NO2S/c1-3-4-11(13(14)15)9-16-12-7-5-10(2)6-8-12/h5-9H,3-4H2,1-2H3. The summed E-state index contributed by atoms with van der Waals surface area (Å²) in [7, 11) is 0. The summed E-state index contributed by atoms with van der Waals surface area (Å²) in [6, 6.07) is 7.95. The fourth-order valence-electron chi connectivity index (χ4n) is 1.20. The number of allylic oxidation sites excluding steroid dienone is 1. The summed E-state index contributed by atoms with van der Waals surface area (Å²) in [6.45, 7) is 3.96. The molecule has 0 saturated carbocycles. The molecule has 16 heavy (non-hydrogen) atoms. The van der Waals surface area contributed by atoms with Crippen LogP contribution < -0.4 is 0 Å². The predicted molar refractivity (Wildman–Crippen MR) is 67.0 cm³/mol. The molecule has 3 nitrogen and oxygen atoms in total. The zero-order chi connectivity index (χ0) is 12.0. The molecule has 4 heteroatoms. The average molecular weight is 237 g/mol. The lowest BCUT2D eigenvalue weighted by Gasteiger charge is -1.98. The zero-order valence-corrected chi connectivity index (χ0v) is 10.3. The first-order valence-electron chi connectivity index (χ1n) is 5.20. The van der Waals surface area contributed by atoms with Gasteiger partial charge in [-0.15, -0.1) is 0 Å². The summed E-state index contributed by atoms with van der Waals surface area (Å²) >= 11 is 1.40. The maximum Gasteiger partial charge on any atom is 0.252 e. The Morgan fingerprint density at radius 3 is 2.56 bits per heavy atom. The van der Waals surface area contributed by atoms with Gasteiger partial charge >= 0.3 is 0 Å². The van der Waals surface area contributed by atoms with Crippen LogP contribution in [0.3, 0.4) is 0 Å². The second kappa shape index (κ2) is 6.33. The highest BCUT2D eigenvalue weighted by Gasteiger charge is 2.08. The van der Waals surface area contributed by atoms with Crippen LogP contribution in [0.5, 0.6) is 0 Å². The second-order valence-electron chi connectivity index (χ2n) is 3.55. The monoisotopic (exact) mass is 237 g/mol. The van der Waals surface area contributed by atoms with Gasteiger partial charge in [0.05, 0.1) is 4.92 Å². The lowest BCUT2D eigenvalue weighted by Crippen LogP contribution is -1.97. The van der Waals surface area contributed by atoms with E-state index < -0.39 is 0 Å². The van der Waals surface area contributed by atoms with Gasteiger partial charge in [0.25, 0.3) is 5.70 Å². The van der Waals surface area contributed by atoms with Gasteiger partial charge in [-0.3, -0.25) is 10.1 Å². The van der Waals surface area contributed by atoms with Crippen LogP contribution in [-0.2, 0) is 0 Å². The lowest BCUT2D eigenvalue weighted by molar-refractivity contribution is -0.427. The molecule has 0 aliphatic rings. The van der Waals surface area contributed by atoms with Crippen molar-refractivity contribution in [3.8, 4) is 0 Å². The van der Waals surface area contributed by atoms with Crippen LogP contribution in [0.4, 0.5) is 0 Å². The third-order valence-corrected chi connectivity index (χ3v) is 3.03. The SMILES string of the molecule is CCCC(=CSc1ccc(C)cc1)[N+](=O)[O-]. The van der Waals surface area contributed by atoms with E-state index in [-0.39, 0.29) is 10.6 Å². The Bertz CT molecular complexity index is 385. The predicted octanol–water partition coefficient (Wildman–Crippen LogP) is 4.01. The Balaban J connectivity index is 2.69. The van der Waals surface area contributed by atoms with Crippen LogP contribution in [0.1, 0.15) is 25.3 Å². The van der Waals surface area contributed by atoms with Crippen LogP contribution in [0.15, 0.2) is 40.3 Å². The Morgan fingerprint density at radius 2 is 2.06 bits per heavy atom. The summed E-state index contributed by atoms with van der Waals surface area (Å²) < 4.78 is 0. The van der Waals surface area contributed by atoms with Crippen molar-refractivity contribution < 1.29 is 4.92 Å². The molecule has 1 aromatic rings. The Labute approximate surface area is 99.7 Å². The van der Waals surface area contributed by atoms with Gasteiger partial charge in [0.2, 0.25) is 0 Å². The third kappa shape index (κ3) is 4.06. The van der Waals surface area contributed by atoms with Crippen LogP contribution in [0, 0.1) is 17.0 Å². The molecule has 0 radical (unpaired) electrons. The average Bonchev–Trinajstić information content (AvgIpc) is 2.26. The number of rotatable bonds is 5. The molecule has 0 saturated heterocycles. The molecule has 1 aromatic carbocycles. The minimum absolute atomic E-state index is 0.285. The van der Waals surface area contributed by atoms with Crippen molar-refractivity contribution in [3.63, 3.8) is 0 Å². The molecular weight excluding hydrogens is 222 g/mol. The molecular formula is C12H15NO2S. The van der Waals surface area contributed by atoms with Gasteiger partial charge < -0.3 is 0 Å². The molecule has 0 N–H and O–H groups in total. The van der Waals surface area contributed by atoms with E-state index in [1.165, 1.54) is 17.3 Å². The molecule has 0 aromatic heterocycles. The fourth-order valence-corrected chi connectivity index (χ4v) is 1.97. The first-order chi connectivity index (χ1) is 7.63. The van der Waals surface area contributed by atoms with E-state index in [4.69, 9.17) is 0 Å². The minimum Gasteiger partial charge on any atom is -0.259 e. The van der Waals surface area contributed by atoms with Crippen molar-refractivity contribution in [2.75, 3.05) is 0 Å². The Kier molecular flexibility index (Phi) is 5.05. The maximum absolute atomic E-state index is 10.7. The van der Waals surface area contributed by atoms with Crippen LogP contribution in [0.25, 0.3) is 0 Å². The Morgan fingerprint density at radius 1 is 1.44 bits per heavy atom. The second-order valence-corrected chi connectivity index (χ2v) is 4.49. The van der Waals surface area contributed by atoms with E-state index in [0.29, 0.717) is 6.42 Å². The number of benzene rings is 1. The molecule has 0 fully saturated rings. The van der Waals surface area contributed by atoms with Gasteiger partial charge in [0, 0.05) is 16.7 Å². The van der Waals surface area contributed by atoms with Crippen molar-refractivity contribution in [1.29, 1.82) is 0 Å². The number of thioether (sulfide) groups is 1. The van der Waals surface area contributed by atoms with Crippen molar-refractivity contribution in [2.45, 2.75) is 31.6 Å². The molecule has 0 heterocycles. The van der Waals surface area contributed by atoms with Crippen LogP contribution in [0.2, 0.25) is 0 Å². The van der Waals surface area contributed by atoms with Gasteiger partial charge in [0.1, 0.15) is 0 Å². The topological polar surface area (TPSA) is 43.1 Å². The Hall–Kier alpha value is -1.29. The molecule has 0 amide bonds. The lowest BCUT2D eigenvalue weighted by atomic mass is 10.2. The van der Waals surface area contributed by atoms with Gasteiger partial charge in [-0.25, -0.2) is 0 Å². The summed E-state index contributed by atoms with van der Waals surface area (Å²) in [6.07, 6.45) is 1.31. The van der Waals surface area contributed by atoms with Crippen molar-refractivity contribution in [1.82, 2.24) is 0 Å². The highest BCUT2D eigenvalue weighted by molar-refractivity contribution is 8.02. The van der Waals surface area contributed by atoms with E-state index in [1.54, 1.807) is 5.41 Å². The fraction of sp³-hybridized carbons (Fsp3) is 0.333. The molecule has 0 unspecified atom stereocenters. The molecule has 0 bridgehead atoms. The summed E-state index contributed by atoms with van der Waals surface area (Å²) in [5.41, 5.74) is 1.48. The smallest absolute Gasteiger partial charge is 0.252 e. The first kappa shape index (κ1) is 12.8. The highest BCUT2D eigenvalue weighted by atomic mass is 32.2. The number of hydrogen-bond acceptors (Lipinski definition) is 3. The van der Waals surface area contributed by atoms with Crippen molar-refractivity contribution >= 4 is 11.8 Å². The molecule has 0 aliphatic heterocycles. The molecule has 86 valence electrons. The van der Waals surface area contributed by atoms with E-state index in [2.05, 4.69) is 0 Å². The summed E-state index contributed by atoms with van der Waals surface area (Å²) in [5, 5.41) is 12.3. The highest BCUT2D eigenvalue weighted by Crippen LogP contribution is 2.22. The van der Waals surface area contributed by atoms with Gasteiger partial charge in [-0.2, -0.15) is 0 Å². The first-order valence-corrected chi connectivity index (χ1v) is 6.08. The van der Waals surface area contributed by atoms with Crippen LogP contribution >= 0.6 is 11.8 Å². The van der Waals surface area contributed by atoms with Gasteiger partial charge in [-0.1, -0.05) is 36.4 Å². The quantitative estimate of drug-likeness (QED) is 0.441. The third-order valence-electron chi connectivity index (χ3n) is 2.09. The number of nitrogens with zero attached hydrogens (tertiary/aromatic N) is 1. The van der Waals surface area contributed by atoms with E-state index in [1.807, 2.05) is 38.1 Å². The van der Waals surface area contributed by atoms with Crippen LogP contribution in [-0.4, -0.2) is 4.92 Å². The normalized spacial score (nSPS) is 11.5. The largest absolute Gasteiger partial charge is 0.259 e.